The summed E-state index contributed by atoms with van der Waals surface area (Å²) in [6, 6.07) is 9.71. The summed E-state index contributed by atoms with van der Waals surface area (Å²) in [5.74, 6) is 1.77. The fraction of sp³-hybridized carbons (Fsp3) is 0.727. The van der Waals surface area contributed by atoms with E-state index in [0.29, 0.717) is 0 Å². The van der Waals surface area contributed by atoms with E-state index in [9.17, 15) is 0 Å². The molecule has 3 heteroatoms. The first-order chi connectivity index (χ1) is 12.2. The zero-order valence-corrected chi connectivity index (χ0v) is 16.3. The van der Waals surface area contributed by atoms with E-state index in [-0.39, 0.29) is 0 Å². The Morgan fingerprint density at radius 2 is 1.64 bits per heavy atom. The van der Waals surface area contributed by atoms with Crippen molar-refractivity contribution in [3.8, 4) is 5.75 Å². The van der Waals surface area contributed by atoms with Gasteiger partial charge in [-0.1, -0.05) is 18.6 Å². The van der Waals surface area contributed by atoms with Crippen molar-refractivity contribution in [2.24, 2.45) is 0 Å². The molecule has 1 aliphatic heterocycles. The maximum Gasteiger partial charge on any atom is 0.119 e. The minimum atomic E-state index is 0.740. The number of hydrogen-bond donors (Lipinski definition) is 0. The zero-order valence-electron chi connectivity index (χ0n) is 16.3. The minimum absolute atomic E-state index is 0.740. The Kier molecular flexibility index (Phi) is 7.18. The Morgan fingerprint density at radius 1 is 0.960 bits per heavy atom. The number of rotatable bonds is 7. The minimum Gasteiger partial charge on any atom is -0.494 e. The van der Waals surface area contributed by atoms with Crippen LogP contribution in [0, 0.1) is 0 Å². The highest BCUT2D eigenvalue weighted by molar-refractivity contribution is 5.29. The van der Waals surface area contributed by atoms with Gasteiger partial charge in [0.05, 0.1) is 6.61 Å². The summed E-state index contributed by atoms with van der Waals surface area (Å²) in [6.45, 7) is 4.59. The van der Waals surface area contributed by atoms with Crippen LogP contribution in [0.5, 0.6) is 5.75 Å². The summed E-state index contributed by atoms with van der Waals surface area (Å²) >= 11 is 0. The number of hydrogen-bond acceptors (Lipinski definition) is 3. The van der Waals surface area contributed by atoms with Crippen LogP contribution in [0.25, 0.3) is 0 Å². The van der Waals surface area contributed by atoms with E-state index in [1.807, 2.05) is 0 Å². The van der Waals surface area contributed by atoms with Crippen molar-refractivity contribution in [2.75, 3.05) is 40.3 Å². The van der Waals surface area contributed by atoms with Gasteiger partial charge in [-0.15, -0.1) is 0 Å². The summed E-state index contributed by atoms with van der Waals surface area (Å²) in [5.41, 5.74) is 1.50. The van der Waals surface area contributed by atoms with Crippen LogP contribution in [0.15, 0.2) is 24.3 Å². The first kappa shape index (κ1) is 18.7. The van der Waals surface area contributed by atoms with Crippen LogP contribution in [0.3, 0.4) is 0 Å². The third-order valence-electron chi connectivity index (χ3n) is 6.11. The molecule has 0 radical (unpaired) electrons. The predicted molar refractivity (Wildman–Crippen MR) is 106 cm³/mol. The maximum atomic E-state index is 5.95. The molecular weight excluding hydrogens is 308 g/mol. The lowest BCUT2D eigenvalue weighted by Gasteiger charge is -2.32. The average Bonchev–Trinajstić information content (AvgIpc) is 2.67. The Balaban J connectivity index is 1.37. The van der Waals surface area contributed by atoms with Crippen LogP contribution < -0.4 is 4.74 Å². The molecule has 0 amide bonds. The van der Waals surface area contributed by atoms with Gasteiger partial charge in [-0.2, -0.15) is 0 Å². The quantitative estimate of drug-likeness (QED) is 0.676. The fourth-order valence-electron chi connectivity index (χ4n) is 4.42. The second-order valence-corrected chi connectivity index (χ2v) is 8.14. The molecule has 0 N–H and O–H groups in total. The van der Waals surface area contributed by atoms with Crippen LogP contribution in [-0.2, 0) is 0 Å². The Morgan fingerprint density at radius 3 is 2.28 bits per heavy atom. The maximum absolute atomic E-state index is 5.95. The third kappa shape index (κ3) is 5.72. The van der Waals surface area contributed by atoms with E-state index >= 15 is 0 Å². The molecule has 0 unspecified atom stereocenters. The topological polar surface area (TPSA) is 15.7 Å². The molecule has 3 nitrogen and oxygen atoms in total. The van der Waals surface area contributed by atoms with Crippen LogP contribution in [0.1, 0.15) is 62.8 Å². The molecule has 1 aromatic rings. The van der Waals surface area contributed by atoms with E-state index < -0.39 is 0 Å². The summed E-state index contributed by atoms with van der Waals surface area (Å²) in [6.07, 6.45) is 10.6. The molecule has 25 heavy (non-hydrogen) atoms. The summed E-state index contributed by atoms with van der Waals surface area (Å²) in [4.78, 5) is 4.97. The molecule has 0 bridgehead atoms. The van der Waals surface area contributed by atoms with E-state index in [0.717, 1.165) is 30.7 Å². The fourth-order valence-corrected chi connectivity index (χ4v) is 4.42. The lowest BCUT2D eigenvalue weighted by atomic mass is 9.81. The average molecular weight is 345 g/mol. The molecule has 140 valence electrons. The van der Waals surface area contributed by atoms with Crippen LogP contribution in [0.2, 0.25) is 0 Å². The first-order valence-electron chi connectivity index (χ1n) is 10.3. The van der Waals surface area contributed by atoms with E-state index in [2.05, 4.69) is 48.2 Å². The summed E-state index contributed by atoms with van der Waals surface area (Å²) < 4.78 is 5.95. The van der Waals surface area contributed by atoms with Crippen molar-refractivity contribution < 1.29 is 4.74 Å². The van der Waals surface area contributed by atoms with Crippen LogP contribution in [0.4, 0.5) is 0 Å². The van der Waals surface area contributed by atoms with Gasteiger partial charge in [0.15, 0.2) is 0 Å². The van der Waals surface area contributed by atoms with Gasteiger partial charge in [0.25, 0.3) is 0 Å². The standard InChI is InChI=1S/C22H36N2O/c1-23(2)21-11-7-19(8-12-21)20-9-13-22(14-10-20)25-18-6-17-24-15-4-3-5-16-24/h9-10,13-14,19,21H,3-8,11-12,15-18H2,1-2H3/t19-,21+. The third-order valence-corrected chi connectivity index (χ3v) is 6.11. The molecule has 0 spiro atoms. The van der Waals surface area contributed by atoms with Crippen LogP contribution >= 0.6 is 0 Å². The molecule has 1 aromatic carbocycles. The number of piperidine rings is 1. The zero-order chi connectivity index (χ0) is 17.5. The molecule has 0 atom stereocenters. The number of ether oxygens (including phenoxy) is 1. The monoisotopic (exact) mass is 344 g/mol. The van der Waals surface area contributed by atoms with Gasteiger partial charge < -0.3 is 14.5 Å². The van der Waals surface area contributed by atoms with Crippen molar-refractivity contribution in [2.45, 2.75) is 63.3 Å². The molecule has 2 aliphatic rings. The van der Waals surface area contributed by atoms with Gasteiger partial charge >= 0.3 is 0 Å². The molecule has 0 aromatic heterocycles. The van der Waals surface area contributed by atoms with Crippen molar-refractivity contribution in [3.05, 3.63) is 29.8 Å². The van der Waals surface area contributed by atoms with Crippen LogP contribution in [-0.4, -0.2) is 56.2 Å². The van der Waals surface area contributed by atoms with Crippen molar-refractivity contribution >= 4 is 0 Å². The Bertz CT molecular complexity index is 485. The summed E-state index contributed by atoms with van der Waals surface area (Å²) in [5, 5.41) is 0. The van der Waals surface area contributed by atoms with Crippen molar-refractivity contribution in [1.29, 1.82) is 0 Å². The van der Waals surface area contributed by atoms with Gasteiger partial charge in [-0.25, -0.2) is 0 Å². The van der Waals surface area contributed by atoms with Crippen molar-refractivity contribution in [3.63, 3.8) is 0 Å². The molecule has 2 fully saturated rings. The van der Waals surface area contributed by atoms with E-state index in [1.54, 1.807) is 0 Å². The number of benzene rings is 1. The Labute approximate surface area is 154 Å². The number of nitrogens with zero attached hydrogens (tertiary/aromatic N) is 2. The smallest absolute Gasteiger partial charge is 0.119 e. The number of likely N-dealkylation sites (tertiary alicyclic amines) is 1. The van der Waals surface area contributed by atoms with E-state index in [1.165, 1.54) is 70.1 Å². The normalized spacial score (nSPS) is 25.2. The first-order valence-corrected chi connectivity index (χ1v) is 10.3. The van der Waals surface area contributed by atoms with Gasteiger partial charge in [-0.3, -0.25) is 0 Å². The van der Waals surface area contributed by atoms with Gasteiger partial charge in [0, 0.05) is 12.6 Å². The predicted octanol–water partition coefficient (Wildman–Crippen LogP) is 4.53. The molecule has 1 saturated heterocycles. The molecular formula is C22H36N2O. The highest BCUT2D eigenvalue weighted by Gasteiger charge is 2.23. The summed E-state index contributed by atoms with van der Waals surface area (Å²) in [7, 11) is 4.42. The molecule has 1 aliphatic carbocycles. The molecule has 1 saturated carbocycles. The van der Waals surface area contributed by atoms with Gasteiger partial charge in [0.2, 0.25) is 0 Å². The highest BCUT2D eigenvalue weighted by atomic mass is 16.5. The van der Waals surface area contributed by atoms with Crippen molar-refractivity contribution in [1.82, 2.24) is 9.80 Å². The van der Waals surface area contributed by atoms with Gasteiger partial charge in [0.1, 0.15) is 5.75 Å². The molecule has 3 rings (SSSR count). The largest absolute Gasteiger partial charge is 0.494 e. The van der Waals surface area contributed by atoms with E-state index in [4.69, 9.17) is 4.74 Å². The highest BCUT2D eigenvalue weighted by Crippen LogP contribution is 2.34. The molecule has 1 heterocycles. The SMILES string of the molecule is CN(C)[C@H]1CC[C@@H](c2ccc(OCCCN3CCCCC3)cc2)CC1. The lowest BCUT2D eigenvalue weighted by Crippen LogP contribution is -2.31. The van der Waals surface area contributed by atoms with Gasteiger partial charge in [-0.05, 0) is 95.7 Å². The second-order valence-electron chi connectivity index (χ2n) is 8.14. The Hall–Kier alpha value is -1.06. The second kappa shape index (κ2) is 9.59. The lowest BCUT2D eigenvalue weighted by molar-refractivity contribution is 0.205.